The Morgan fingerprint density at radius 2 is 1.90 bits per heavy atom. The molecular formula is C16H25NO3. The average molecular weight is 279 g/mol. The summed E-state index contributed by atoms with van der Waals surface area (Å²) in [6.45, 7) is 5.74. The predicted octanol–water partition coefficient (Wildman–Crippen LogP) is 1.40. The normalized spacial score (nSPS) is 23.2. The molecule has 20 heavy (non-hydrogen) atoms. The maximum Gasteiger partial charge on any atom is 0.119 e. The van der Waals surface area contributed by atoms with Crippen LogP contribution >= 0.6 is 0 Å². The van der Waals surface area contributed by atoms with Crippen LogP contribution in [0.25, 0.3) is 0 Å². The van der Waals surface area contributed by atoms with E-state index in [1.54, 1.807) is 0 Å². The Bertz CT molecular complexity index is 409. The molecule has 2 rings (SSSR count). The van der Waals surface area contributed by atoms with Crippen molar-refractivity contribution >= 4 is 0 Å². The molecular weight excluding hydrogens is 254 g/mol. The zero-order chi connectivity index (χ0) is 14.5. The van der Waals surface area contributed by atoms with Crippen LogP contribution in [0.1, 0.15) is 24.0 Å². The van der Waals surface area contributed by atoms with Gasteiger partial charge >= 0.3 is 0 Å². The van der Waals surface area contributed by atoms with Crippen molar-refractivity contribution in [2.24, 2.45) is 5.92 Å². The highest BCUT2D eigenvalue weighted by Crippen LogP contribution is 2.26. The quantitative estimate of drug-likeness (QED) is 0.706. The Kier molecular flexibility index (Phi) is 5.40. The van der Waals surface area contributed by atoms with Crippen molar-refractivity contribution in [2.45, 2.75) is 38.9 Å². The zero-order valence-electron chi connectivity index (χ0n) is 12.3. The van der Waals surface area contributed by atoms with Gasteiger partial charge in [-0.2, -0.15) is 0 Å². The Labute approximate surface area is 120 Å². The third-order valence-corrected chi connectivity index (χ3v) is 3.66. The van der Waals surface area contributed by atoms with E-state index in [1.807, 2.05) is 26.0 Å². The number of ether oxygens (including phenoxy) is 1. The summed E-state index contributed by atoms with van der Waals surface area (Å²) in [5.74, 6) is 1.36. The molecule has 1 fully saturated rings. The smallest absolute Gasteiger partial charge is 0.119 e. The summed E-state index contributed by atoms with van der Waals surface area (Å²) in [7, 11) is 0. The zero-order valence-corrected chi connectivity index (χ0v) is 12.3. The minimum atomic E-state index is -0.513. The van der Waals surface area contributed by atoms with E-state index >= 15 is 0 Å². The van der Waals surface area contributed by atoms with Crippen molar-refractivity contribution in [3.8, 4) is 5.75 Å². The van der Waals surface area contributed by atoms with Gasteiger partial charge in [-0.25, -0.2) is 0 Å². The Balaban J connectivity index is 1.63. The highest BCUT2D eigenvalue weighted by Gasteiger charge is 2.26. The topological polar surface area (TPSA) is 61.7 Å². The highest BCUT2D eigenvalue weighted by atomic mass is 16.5. The van der Waals surface area contributed by atoms with E-state index in [2.05, 4.69) is 11.4 Å². The molecule has 1 saturated carbocycles. The molecule has 0 bridgehead atoms. The summed E-state index contributed by atoms with van der Waals surface area (Å²) in [6, 6.07) is 6.05. The summed E-state index contributed by atoms with van der Waals surface area (Å²) in [5, 5.41) is 22.3. The number of hydrogen-bond donors (Lipinski definition) is 3. The SMILES string of the molecule is Cc1cc(C)cc(OCC(O)CNCC2CC(O)C2)c1. The number of aliphatic hydroxyl groups is 2. The van der Waals surface area contributed by atoms with Crippen molar-refractivity contribution < 1.29 is 14.9 Å². The van der Waals surface area contributed by atoms with Gasteiger partial charge in [-0.05, 0) is 62.4 Å². The first-order chi connectivity index (χ1) is 9.52. The molecule has 1 aliphatic carbocycles. The average Bonchev–Trinajstić information content (AvgIpc) is 2.33. The third-order valence-electron chi connectivity index (χ3n) is 3.66. The van der Waals surface area contributed by atoms with E-state index in [4.69, 9.17) is 4.74 Å². The lowest BCUT2D eigenvalue weighted by atomic mass is 9.82. The van der Waals surface area contributed by atoms with Crippen LogP contribution in [0.2, 0.25) is 0 Å². The standard InChI is InChI=1S/C16H25NO3/c1-11-3-12(2)5-16(4-11)20-10-15(19)9-17-8-13-6-14(18)7-13/h3-5,13-15,17-19H,6-10H2,1-2H3. The monoisotopic (exact) mass is 279 g/mol. The molecule has 4 nitrogen and oxygen atoms in total. The fourth-order valence-corrected chi connectivity index (χ4v) is 2.59. The second-order valence-electron chi connectivity index (χ2n) is 5.94. The molecule has 0 heterocycles. The number of rotatable bonds is 7. The van der Waals surface area contributed by atoms with Gasteiger partial charge in [-0.1, -0.05) is 6.07 Å². The maximum atomic E-state index is 9.87. The van der Waals surface area contributed by atoms with Crippen molar-refractivity contribution in [3.05, 3.63) is 29.3 Å². The molecule has 0 spiro atoms. The Morgan fingerprint density at radius 3 is 2.50 bits per heavy atom. The second-order valence-corrected chi connectivity index (χ2v) is 5.94. The number of benzene rings is 1. The van der Waals surface area contributed by atoms with Crippen molar-refractivity contribution in [1.82, 2.24) is 5.32 Å². The Morgan fingerprint density at radius 1 is 1.25 bits per heavy atom. The summed E-state index contributed by atoms with van der Waals surface area (Å²) in [4.78, 5) is 0. The molecule has 0 radical (unpaired) electrons. The van der Waals surface area contributed by atoms with Gasteiger partial charge in [-0.3, -0.25) is 0 Å². The van der Waals surface area contributed by atoms with Crippen LogP contribution in [0.4, 0.5) is 0 Å². The lowest BCUT2D eigenvalue weighted by Crippen LogP contribution is -2.39. The summed E-state index contributed by atoms with van der Waals surface area (Å²) >= 11 is 0. The lowest BCUT2D eigenvalue weighted by Gasteiger charge is -2.31. The first-order valence-electron chi connectivity index (χ1n) is 7.31. The van der Waals surface area contributed by atoms with E-state index in [9.17, 15) is 10.2 Å². The molecule has 0 aliphatic heterocycles. The number of hydrogen-bond acceptors (Lipinski definition) is 4. The van der Waals surface area contributed by atoms with Crippen molar-refractivity contribution in [2.75, 3.05) is 19.7 Å². The van der Waals surface area contributed by atoms with Crippen LogP contribution in [0, 0.1) is 19.8 Å². The van der Waals surface area contributed by atoms with Gasteiger partial charge in [0.25, 0.3) is 0 Å². The summed E-state index contributed by atoms with van der Waals surface area (Å²) in [5.41, 5.74) is 2.33. The van der Waals surface area contributed by atoms with E-state index in [0.29, 0.717) is 19.1 Å². The molecule has 1 unspecified atom stereocenters. The molecule has 4 heteroatoms. The van der Waals surface area contributed by atoms with Gasteiger partial charge < -0.3 is 20.3 Å². The molecule has 1 atom stereocenters. The van der Waals surface area contributed by atoms with Crippen LogP contribution in [0.5, 0.6) is 5.75 Å². The number of aryl methyl sites for hydroxylation is 2. The summed E-state index contributed by atoms with van der Waals surface area (Å²) < 4.78 is 5.61. The molecule has 1 aromatic rings. The van der Waals surface area contributed by atoms with E-state index in [-0.39, 0.29) is 6.10 Å². The number of aliphatic hydroxyl groups excluding tert-OH is 2. The van der Waals surface area contributed by atoms with Gasteiger partial charge in [0.1, 0.15) is 18.5 Å². The first-order valence-corrected chi connectivity index (χ1v) is 7.31. The largest absolute Gasteiger partial charge is 0.491 e. The van der Waals surface area contributed by atoms with Gasteiger partial charge in [0.15, 0.2) is 0 Å². The fraction of sp³-hybridized carbons (Fsp3) is 0.625. The molecule has 0 aromatic heterocycles. The molecule has 1 aliphatic rings. The molecule has 3 N–H and O–H groups in total. The minimum Gasteiger partial charge on any atom is -0.491 e. The van der Waals surface area contributed by atoms with Crippen LogP contribution in [0.15, 0.2) is 18.2 Å². The van der Waals surface area contributed by atoms with E-state index in [1.165, 1.54) is 0 Å². The maximum absolute atomic E-state index is 9.87. The lowest BCUT2D eigenvalue weighted by molar-refractivity contribution is 0.0400. The molecule has 0 amide bonds. The van der Waals surface area contributed by atoms with Gasteiger partial charge in [0, 0.05) is 6.54 Å². The number of nitrogens with one attached hydrogen (secondary N) is 1. The van der Waals surface area contributed by atoms with Gasteiger partial charge in [-0.15, -0.1) is 0 Å². The highest BCUT2D eigenvalue weighted by molar-refractivity contribution is 5.32. The molecule has 0 saturated heterocycles. The van der Waals surface area contributed by atoms with Crippen LogP contribution in [-0.2, 0) is 0 Å². The summed E-state index contributed by atoms with van der Waals surface area (Å²) in [6.07, 6.45) is 1.13. The van der Waals surface area contributed by atoms with Gasteiger partial charge in [0.2, 0.25) is 0 Å². The van der Waals surface area contributed by atoms with Crippen LogP contribution in [0.3, 0.4) is 0 Å². The molecule has 1 aromatic carbocycles. The van der Waals surface area contributed by atoms with Crippen LogP contribution < -0.4 is 10.1 Å². The second kappa shape index (κ2) is 7.07. The first kappa shape index (κ1) is 15.3. The van der Waals surface area contributed by atoms with Crippen molar-refractivity contribution in [1.29, 1.82) is 0 Å². The Hall–Kier alpha value is -1.10. The predicted molar refractivity (Wildman–Crippen MR) is 79.0 cm³/mol. The fourth-order valence-electron chi connectivity index (χ4n) is 2.59. The van der Waals surface area contributed by atoms with Crippen LogP contribution in [-0.4, -0.2) is 42.1 Å². The minimum absolute atomic E-state index is 0.111. The van der Waals surface area contributed by atoms with Crippen molar-refractivity contribution in [3.63, 3.8) is 0 Å². The molecule has 112 valence electrons. The van der Waals surface area contributed by atoms with Gasteiger partial charge in [0.05, 0.1) is 6.10 Å². The van der Waals surface area contributed by atoms with E-state index < -0.39 is 6.10 Å². The third kappa shape index (κ3) is 4.78. The van der Waals surface area contributed by atoms with E-state index in [0.717, 1.165) is 36.3 Å².